The van der Waals surface area contributed by atoms with Gasteiger partial charge in [-0.2, -0.15) is 13.2 Å². The highest BCUT2D eigenvalue weighted by molar-refractivity contribution is 5.95. The molecule has 154 valence electrons. The van der Waals surface area contributed by atoms with Crippen LogP contribution in [0.25, 0.3) is 0 Å². The van der Waals surface area contributed by atoms with E-state index in [1.807, 2.05) is 6.07 Å². The van der Waals surface area contributed by atoms with Gasteiger partial charge in [0.25, 0.3) is 5.91 Å². The molecule has 0 fully saturated rings. The highest BCUT2D eigenvalue weighted by Crippen LogP contribution is 2.30. The summed E-state index contributed by atoms with van der Waals surface area (Å²) in [5, 5.41) is 5.30. The summed E-state index contributed by atoms with van der Waals surface area (Å²) >= 11 is 0. The fraction of sp³-hybridized carbons (Fsp3) is 0.130. The number of carbonyl (C=O) groups is 2. The van der Waals surface area contributed by atoms with E-state index < -0.39 is 23.7 Å². The van der Waals surface area contributed by atoms with Gasteiger partial charge < -0.3 is 10.6 Å². The van der Waals surface area contributed by atoms with E-state index in [2.05, 4.69) is 10.6 Å². The summed E-state index contributed by atoms with van der Waals surface area (Å²) in [5.41, 5.74) is 0.339. The molecule has 30 heavy (non-hydrogen) atoms. The molecule has 4 nitrogen and oxygen atoms in total. The van der Waals surface area contributed by atoms with Crippen LogP contribution in [0.2, 0.25) is 0 Å². The Morgan fingerprint density at radius 3 is 2.10 bits per heavy atom. The average Bonchev–Trinajstić information content (AvgIpc) is 2.74. The summed E-state index contributed by atoms with van der Waals surface area (Å²) in [6, 6.07) is 21.2. The number of amides is 2. The van der Waals surface area contributed by atoms with Crippen molar-refractivity contribution >= 4 is 17.5 Å². The number of nitrogens with one attached hydrogen (secondary N) is 2. The molecule has 0 saturated carbocycles. The third kappa shape index (κ3) is 5.70. The molecule has 0 aliphatic rings. The number of alkyl halides is 3. The van der Waals surface area contributed by atoms with Crippen LogP contribution in [-0.2, 0) is 11.0 Å². The number of hydrogen-bond acceptors (Lipinski definition) is 2. The molecular formula is C23H19F3N2O2. The molecule has 0 bridgehead atoms. The van der Waals surface area contributed by atoms with E-state index in [0.717, 1.165) is 12.1 Å². The number of halogens is 3. The lowest BCUT2D eigenvalue weighted by Crippen LogP contribution is -2.31. The van der Waals surface area contributed by atoms with Gasteiger partial charge in [-0.25, -0.2) is 0 Å². The van der Waals surface area contributed by atoms with Crippen molar-refractivity contribution in [3.8, 4) is 0 Å². The predicted molar refractivity (Wildman–Crippen MR) is 108 cm³/mol. The first kappa shape index (κ1) is 21.1. The van der Waals surface area contributed by atoms with Crippen LogP contribution >= 0.6 is 0 Å². The number of benzene rings is 3. The first-order valence-electron chi connectivity index (χ1n) is 9.21. The van der Waals surface area contributed by atoms with Crippen LogP contribution in [-0.4, -0.2) is 11.8 Å². The lowest BCUT2D eigenvalue weighted by atomic mass is 10.0. The van der Waals surface area contributed by atoms with Crippen molar-refractivity contribution in [3.05, 3.63) is 102 Å². The molecule has 0 aromatic heterocycles. The molecule has 3 rings (SSSR count). The minimum Gasteiger partial charge on any atom is -0.345 e. The molecule has 0 saturated heterocycles. The van der Waals surface area contributed by atoms with Crippen molar-refractivity contribution in [2.45, 2.75) is 18.6 Å². The van der Waals surface area contributed by atoms with E-state index in [4.69, 9.17) is 0 Å². The van der Waals surface area contributed by atoms with Gasteiger partial charge in [-0.15, -0.1) is 0 Å². The lowest BCUT2D eigenvalue weighted by Gasteiger charge is -2.19. The van der Waals surface area contributed by atoms with Gasteiger partial charge in [-0.1, -0.05) is 54.6 Å². The van der Waals surface area contributed by atoms with Crippen LogP contribution in [0.15, 0.2) is 84.9 Å². The van der Waals surface area contributed by atoms with Gasteiger partial charge in [-0.3, -0.25) is 9.59 Å². The van der Waals surface area contributed by atoms with Gasteiger partial charge in [-0.05, 0) is 35.9 Å². The Balaban J connectivity index is 1.75. The normalized spacial score (nSPS) is 12.1. The fourth-order valence-electron chi connectivity index (χ4n) is 2.94. The average molecular weight is 412 g/mol. The van der Waals surface area contributed by atoms with Gasteiger partial charge in [0.05, 0.1) is 18.0 Å². The molecule has 0 aliphatic heterocycles. The van der Waals surface area contributed by atoms with Crippen LogP contribution in [0.3, 0.4) is 0 Å². The Kier molecular flexibility index (Phi) is 6.51. The molecular weight excluding hydrogens is 393 g/mol. The summed E-state index contributed by atoms with van der Waals surface area (Å²) in [6.45, 7) is 0. The minimum atomic E-state index is -4.50. The summed E-state index contributed by atoms with van der Waals surface area (Å²) in [4.78, 5) is 25.1. The van der Waals surface area contributed by atoms with Gasteiger partial charge in [0, 0.05) is 11.3 Å². The minimum absolute atomic E-state index is 0.0380. The van der Waals surface area contributed by atoms with Crippen LogP contribution < -0.4 is 10.6 Å². The SMILES string of the molecule is O=C(C[C@H](NC(=O)c1ccccc1)c1ccccc1)Nc1cccc(C(F)(F)F)c1. The van der Waals surface area contributed by atoms with Crippen molar-refractivity contribution in [2.75, 3.05) is 5.32 Å². The van der Waals surface area contributed by atoms with Gasteiger partial charge in [0.2, 0.25) is 5.91 Å². The van der Waals surface area contributed by atoms with E-state index >= 15 is 0 Å². The molecule has 2 N–H and O–H groups in total. The third-order valence-corrected chi connectivity index (χ3v) is 4.41. The zero-order chi connectivity index (χ0) is 21.6. The summed E-state index contributed by atoms with van der Waals surface area (Å²) < 4.78 is 38.6. The van der Waals surface area contributed by atoms with Crippen molar-refractivity contribution in [1.29, 1.82) is 0 Å². The maximum Gasteiger partial charge on any atom is 0.416 e. The topological polar surface area (TPSA) is 58.2 Å². The molecule has 0 unspecified atom stereocenters. The second kappa shape index (κ2) is 9.26. The second-order valence-corrected chi connectivity index (χ2v) is 6.63. The summed E-state index contributed by atoms with van der Waals surface area (Å²) in [7, 11) is 0. The van der Waals surface area contributed by atoms with Gasteiger partial charge >= 0.3 is 6.18 Å². The summed E-state index contributed by atoms with van der Waals surface area (Å²) in [5.74, 6) is -0.868. The summed E-state index contributed by atoms with van der Waals surface area (Å²) in [6.07, 6.45) is -4.64. The molecule has 7 heteroatoms. The van der Waals surface area contributed by atoms with Crippen LogP contribution in [0.1, 0.15) is 33.9 Å². The highest BCUT2D eigenvalue weighted by Gasteiger charge is 2.30. The predicted octanol–water partition coefficient (Wildman–Crippen LogP) is 5.21. The zero-order valence-corrected chi connectivity index (χ0v) is 15.8. The number of anilines is 1. The Bertz CT molecular complexity index is 1010. The number of carbonyl (C=O) groups excluding carboxylic acids is 2. The van der Waals surface area contributed by atoms with E-state index in [9.17, 15) is 22.8 Å². The van der Waals surface area contributed by atoms with Crippen molar-refractivity contribution < 1.29 is 22.8 Å². The van der Waals surface area contributed by atoms with Gasteiger partial charge in [0.1, 0.15) is 0 Å². The fourth-order valence-corrected chi connectivity index (χ4v) is 2.94. The Labute approximate surface area is 171 Å². The Morgan fingerprint density at radius 1 is 0.833 bits per heavy atom. The third-order valence-electron chi connectivity index (χ3n) is 4.41. The Morgan fingerprint density at radius 2 is 1.47 bits per heavy atom. The van der Waals surface area contributed by atoms with Crippen LogP contribution in [0.4, 0.5) is 18.9 Å². The van der Waals surface area contributed by atoms with E-state index in [0.29, 0.717) is 11.1 Å². The van der Waals surface area contributed by atoms with Crippen molar-refractivity contribution in [3.63, 3.8) is 0 Å². The first-order chi connectivity index (χ1) is 14.3. The monoisotopic (exact) mass is 412 g/mol. The van der Waals surface area contributed by atoms with E-state index in [1.165, 1.54) is 12.1 Å². The molecule has 2 amide bonds. The smallest absolute Gasteiger partial charge is 0.345 e. The Hall–Kier alpha value is -3.61. The number of hydrogen-bond donors (Lipinski definition) is 2. The van der Waals surface area contributed by atoms with Gasteiger partial charge in [0.15, 0.2) is 0 Å². The first-order valence-corrected chi connectivity index (χ1v) is 9.21. The quantitative estimate of drug-likeness (QED) is 0.584. The van der Waals surface area contributed by atoms with E-state index in [-0.39, 0.29) is 18.0 Å². The van der Waals surface area contributed by atoms with Crippen LogP contribution in [0, 0.1) is 0 Å². The maximum absolute atomic E-state index is 12.9. The molecule has 3 aromatic rings. The molecule has 1 atom stereocenters. The number of rotatable bonds is 6. The molecule has 3 aromatic carbocycles. The molecule has 0 spiro atoms. The lowest BCUT2D eigenvalue weighted by molar-refractivity contribution is -0.137. The molecule has 0 aliphatic carbocycles. The highest BCUT2D eigenvalue weighted by atomic mass is 19.4. The molecule has 0 radical (unpaired) electrons. The second-order valence-electron chi connectivity index (χ2n) is 6.63. The zero-order valence-electron chi connectivity index (χ0n) is 15.8. The van der Waals surface area contributed by atoms with Crippen molar-refractivity contribution in [1.82, 2.24) is 5.32 Å². The van der Waals surface area contributed by atoms with E-state index in [1.54, 1.807) is 54.6 Å². The van der Waals surface area contributed by atoms with Crippen molar-refractivity contribution in [2.24, 2.45) is 0 Å². The maximum atomic E-state index is 12.9. The van der Waals surface area contributed by atoms with Crippen LogP contribution in [0.5, 0.6) is 0 Å². The largest absolute Gasteiger partial charge is 0.416 e. The molecule has 0 heterocycles. The standard InChI is InChI=1S/C23H19F3N2O2/c24-23(25,26)18-12-7-13-19(14-18)27-21(29)15-20(16-8-3-1-4-9-16)28-22(30)17-10-5-2-6-11-17/h1-14,20H,15H2,(H,27,29)(H,28,30)/t20-/m0/s1.